The topological polar surface area (TPSA) is 59.2 Å². The number of ether oxygens (including phenoxy) is 1. The highest BCUT2D eigenvalue weighted by atomic mass is 16.5. The first-order valence-electron chi connectivity index (χ1n) is 6.04. The molecule has 1 heterocycles. The maximum Gasteiger partial charge on any atom is 0.354 e. The molecule has 0 unspecified atom stereocenters. The highest BCUT2D eigenvalue weighted by Gasteiger charge is 2.23. The molecule has 1 aromatic rings. The van der Waals surface area contributed by atoms with Crippen LogP contribution in [0.3, 0.4) is 0 Å². The fourth-order valence-corrected chi connectivity index (χ4v) is 2.35. The van der Waals surface area contributed by atoms with Gasteiger partial charge in [0, 0.05) is 5.92 Å². The number of H-pyrrole nitrogens is 1. The maximum atomic E-state index is 12.1. The third-order valence-electron chi connectivity index (χ3n) is 3.33. The molecule has 0 radical (unpaired) electrons. The Labute approximate surface area is 100 Å². The Bertz CT molecular complexity index is 416. The third-order valence-corrected chi connectivity index (χ3v) is 3.33. The monoisotopic (exact) mass is 235 g/mol. The molecule has 0 saturated heterocycles. The van der Waals surface area contributed by atoms with Crippen molar-refractivity contribution in [2.24, 2.45) is 5.92 Å². The molecule has 4 nitrogen and oxygen atoms in total. The Kier molecular flexibility index (Phi) is 3.61. The summed E-state index contributed by atoms with van der Waals surface area (Å²) < 4.78 is 4.59. The van der Waals surface area contributed by atoms with E-state index in [-0.39, 0.29) is 11.7 Å². The quantitative estimate of drug-likeness (QED) is 0.647. The average Bonchev–Trinajstić information content (AvgIpc) is 2.87. The van der Waals surface area contributed by atoms with E-state index in [2.05, 4.69) is 9.72 Å². The molecule has 2 rings (SSSR count). The zero-order valence-corrected chi connectivity index (χ0v) is 9.99. The first-order valence-corrected chi connectivity index (χ1v) is 6.04. The van der Waals surface area contributed by atoms with Gasteiger partial charge in [-0.2, -0.15) is 0 Å². The molecule has 0 aliphatic heterocycles. The number of hydrogen-bond acceptors (Lipinski definition) is 3. The van der Waals surface area contributed by atoms with Crippen molar-refractivity contribution in [1.29, 1.82) is 0 Å². The van der Waals surface area contributed by atoms with Crippen LogP contribution >= 0.6 is 0 Å². The molecule has 1 aliphatic rings. The van der Waals surface area contributed by atoms with Crippen molar-refractivity contribution in [3.05, 3.63) is 23.5 Å². The molecular formula is C13H17NO3. The molecule has 1 fully saturated rings. The summed E-state index contributed by atoms with van der Waals surface area (Å²) in [6, 6.07) is 3.27. The van der Waals surface area contributed by atoms with Crippen LogP contribution in [0.15, 0.2) is 12.1 Å². The van der Waals surface area contributed by atoms with Crippen molar-refractivity contribution < 1.29 is 14.3 Å². The van der Waals surface area contributed by atoms with Crippen LogP contribution in [0.25, 0.3) is 0 Å². The van der Waals surface area contributed by atoms with Gasteiger partial charge in [-0.25, -0.2) is 4.79 Å². The molecule has 0 spiro atoms. The fraction of sp³-hybridized carbons (Fsp3) is 0.538. The Morgan fingerprint density at radius 1 is 1.18 bits per heavy atom. The van der Waals surface area contributed by atoms with Gasteiger partial charge in [-0.1, -0.05) is 19.3 Å². The van der Waals surface area contributed by atoms with Crippen LogP contribution in [-0.4, -0.2) is 23.8 Å². The number of Topliss-reactive ketones (excluding diaryl/α,β-unsaturated/α-hetero) is 1. The molecule has 1 aromatic heterocycles. The molecule has 0 bridgehead atoms. The molecule has 4 heteroatoms. The zero-order valence-electron chi connectivity index (χ0n) is 9.99. The van der Waals surface area contributed by atoms with Gasteiger partial charge in [0.2, 0.25) is 0 Å². The van der Waals surface area contributed by atoms with E-state index >= 15 is 0 Å². The van der Waals surface area contributed by atoms with Crippen LogP contribution in [0, 0.1) is 5.92 Å². The number of methoxy groups -OCH3 is 1. The van der Waals surface area contributed by atoms with Crippen LogP contribution in [0.4, 0.5) is 0 Å². The Morgan fingerprint density at radius 3 is 2.47 bits per heavy atom. The van der Waals surface area contributed by atoms with Gasteiger partial charge in [0.25, 0.3) is 0 Å². The minimum absolute atomic E-state index is 0.118. The highest BCUT2D eigenvalue weighted by molar-refractivity contribution is 5.98. The lowest BCUT2D eigenvalue weighted by Crippen LogP contribution is -2.18. The molecule has 92 valence electrons. The van der Waals surface area contributed by atoms with E-state index in [9.17, 15) is 9.59 Å². The number of esters is 1. The van der Waals surface area contributed by atoms with Crippen LogP contribution in [0.5, 0.6) is 0 Å². The minimum atomic E-state index is -0.437. The van der Waals surface area contributed by atoms with Crippen molar-refractivity contribution in [1.82, 2.24) is 4.98 Å². The fourth-order valence-electron chi connectivity index (χ4n) is 2.35. The SMILES string of the molecule is COC(=O)c1ccc(C(=O)C2CCCCC2)[nH]1. The normalized spacial score (nSPS) is 16.8. The van der Waals surface area contributed by atoms with Crippen LogP contribution in [0.2, 0.25) is 0 Å². The number of aromatic amines is 1. The number of rotatable bonds is 3. The van der Waals surface area contributed by atoms with E-state index in [1.165, 1.54) is 13.5 Å². The number of nitrogens with one attached hydrogen (secondary N) is 1. The Hall–Kier alpha value is -1.58. The number of carbonyl (C=O) groups excluding carboxylic acids is 2. The van der Waals surface area contributed by atoms with Crippen molar-refractivity contribution in [2.45, 2.75) is 32.1 Å². The van der Waals surface area contributed by atoms with E-state index in [0.29, 0.717) is 11.4 Å². The lowest BCUT2D eigenvalue weighted by atomic mass is 9.85. The van der Waals surface area contributed by atoms with Crippen LogP contribution in [0.1, 0.15) is 53.1 Å². The first kappa shape index (κ1) is 11.9. The summed E-state index contributed by atoms with van der Waals surface area (Å²) in [7, 11) is 1.33. The van der Waals surface area contributed by atoms with Gasteiger partial charge in [-0.15, -0.1) is 0 Å². The van der Waals surface area contributed by atoms with Gasteiger partial charge in [0.15, 0.2) is 5.78 Å². The largest absolute Gasteiger partial charge is 0.464 e. The lowest BCUT2D eigenvalue weighted by molar-refractivity contribution is 0.0595. The molecule has 0 amide bonds. The average molecular weight is 235 g/mol. The second-order valence-corrected chi connectivity index (χ2v) is 4.48. The molecule has 1 saturated carbocycles. The predicted molar refractivity (Wildman–Crippen MR) is 63.0 cm³/mol. The van der Waals surface area contributed by atoms with Crippen molar-refractivity contribution in [3.8, 4) is 0 Å². The summed E-state index contributed by atoms with van der Waals surface area (Å²) in [5.41, 5.74) is 0.865. The maximum absolute atomic E-state index is 12.1. The standard InChI is InChI=1S/C13H17NO3/c1-17-13(16)11-8-7-10(14-11)12(15)9-5-3-2-4-6-9/h7-9,14H,2-6H2,1H3. The number of hydrogen-bond donors (Lipinski definition) is 1. The summed E-state index contributed by atoms with van der Waals surface area (Å²) in [5, 5.41) is 0. The molecule has 0 aromatic carbocycles. The minimum Gasteiger partial charge on any atom is -0.464 e. The van der Waals surface area contributed by atoms with Crippen molar-refractivity contribution in [2.75, 3.05) is 7.11 Å². The van der Waals surface area contributed by atoms with Crippen molar-refractivity contribution in [3.63, 3.8) is 0 Å². The summed E-state index contributed by atoms with van der Waals surface area (Å²) in [6.45, 7) is 0. The molecule has 17 heavy (non-hydrogen) atoms. The van der Waals surface area contributed by atoms with Crippen LogP contribution < -0.4 is 0 Å². The summed E-state index contributed by atoms with van der Waals surface area (Å²) in [6.07, 6.45) is 5.40. The van der Waals surface area contributed by atoms with E-state index < -0.39 is 5.97 Å². The van der Waals surface area contributed by atoms with E-state index in [0.717, 1.165) is 25.7 Å². The third kappa shape index (κ3) is 2.57. The molecular weight excluding hydrogens is 218 g/mol. The molecule has 1 aliphatic carbocycles. The van der Waals surface area contributed by atoms with Crippen molar-refractivity contribution >= 4 is 11.8 Å². The molecule has 0 atom stereocenters. The smallest absolute Gasteiger partial charge is 0.354 e. The van der Waals surface area contributed by atoms with E-state index in [1.54, 1.807) is 12.1 Å². The second-order valence-electron chi connectivity index (χ2n) is 4.48. The van der Waals surface area contributed by atoms with Gasteiger partial charge in [-0.3, -0.25) is 4.79 Å². The van der Waals surface area contributed by atoms with Crippen LogP contribution in [-0.2, 0) is 4.74 Å². The number of carbonyl (C=O) groups is 2. The Morgan fingerprint density at radius 2 is 1.82 bits per heavy atom. The molecule has 1 N–H and O–H groups in total. The highest BCUT2D eigenvalue weighted by Crippen LogP contribution is 2.26. The van der Waals surface area contributed by atoms with Gasteiger partial charge < -0.3 is 9.72 Å². The first-order chi connectivity index (χ1) is 8.22. The second kappa shape index (κ2) is 5.17. The Balaban J connectivity index is 2.08. The van der Waals surface area contributed by atoms with Gasteiger partial charge >= 0.3 is 5.97 Å². The van der Waals surface area contributed by atoms with Gasteiger partial charge in [0.05, 0.1) is 12.8 Å². The van der Waals surface area contributed by atoms with Gasteiger partial charge in [-0.05, 0) is 25.0 Å². The number of ketones is 1. The zero-order chi connectivity index (χ0) is 12.3. The lowest BCUT2D eigenvalue weighted by Gasteiger charge is -2.19. The summed E-state index contributed by atoms with van der Waals surface area (Å²) >= 11 is 0. The van der Waals surface area contributed by atoms with E-state index in [1.807, 2.05) is 0 Å². The number of aromatic nitrogens is 1. The summed E-state index contributed by atoms with van der Waals surface area (Å²) in [4.78, 5) is 26.2. The van der Waals surface area contributed by atoms with E-state index in [4.69, 9.17) is 0 Å². The predicted octanol–water partition coefficient (Wildman–Crippen LogP) is 2.56. The van der Waals surface area contributed by atoms with Gasteiger partial charge in [0.1, 0.15) is 5.69 Å². The summed E-state index contributed by atoms with van der Waals surface area (Å²) in [5.74, 6) is -0.194.